The molecule has 0 bridgehead atoms. The average Bonchev–Trinajstić information content (AvgIpc) is 3.41. The summed E-state index contributed by atoms with van der Waals surface area (Å²) in [5.41, 5.74) is 2.27. The lowest BCUT2D eigenvalue weighted by Crippen LogP contribution is -2.30. The normalized spacial score (nSPS) is 10.7. The molecule has 0 N–H and O–H groups in total. The lowest BCUT2D eigenvalue weighted by atomic mass is 10.1. The van der Waals surface area contributed by atoms with Crippen molar-refractivity contribution in [2.75, 3.05) is 12.0 Å². The molecule has 29 heavy (non-hydrogen) atoms. The second-order valence-corrected chi connectivity index (χ2v) is 8.68. The highest BCUT2D eigenvalue weighted by Crippen LogP contribution is 2.33. The Balaban J connectivity index is 1.78. The third-order valence-corrected chi connectivity index (χ3v) is 6.36. The van der Waals surface area contributed by atoms with Crippen LogP contribution in [0.25, 0.3) is 10.4 Å². The summed E-state index contributed by atoms with van der Waals surface area (Å²) in [5.74, 6) is 0.596. The molecule has 4 aromatic rings. The lowest BCUT2D eigenvalue weighted by molar-refractivity contribution is 0.0981. The van der Waals surface area contributed by atoms with Crippen LogP contribution in [0.3, 0.4) is 0 Å². The maximum absolute atomic E-state index is 13.7. The van der Waals surface area contributed by atoms with Gasteiger partial charge < -0.3 is 9.64 Å². The van der Waals surface area contributed by atoms with E-state index in [0.717, 1.165) is 26.0 Å². The van der Waals surface area contributed by atoms with Crippen LogP contribution in [0.2, 0.25) is 0 Å². The number of rotatable bonds is 6. The van der Waals surface area contributed by atoms with E-state index in [4.69, 9.17) is 4.74 Å². The van der Waals surface area contributed by atoms with Gasteiger partial charge in [0.1, 0.15) is 11.4 Å². The Morgan fingerprint density at radius 1 is 1.07 bits per heavy atom. The topological polar surface area (TPSA) is 42.4 Å². The van der Waals surface area contributed by atoms with Gasteiger partial charge in [-0.3, -0.25) is 4.79 Å². The molecule has 0 radical (unpaired) electrons. The van der Waals surface area contributed by atoms with Crippen LogP contribution in [0.1, 0.15) is 20.4 Å². The fourth-order valence-corrected chi connectivity index (χ4v) is 4.71. The lowest BCUT2D eigenvalue weighted by Gasteiger charge is -2.22. The Labute approximate surface area is 178 Å². The van der Waals surface area contributed by atoms with Gasteiger partial charge in [-0.2, -0.15) is 0 Å². The molecule has 4 nitrogen and oxygen atoms in total. The molecule has 0 atom stereocenters. The zero-order valence-corrected chi connectivity index (χ0v) is 17.8. The Kier molecular flexibility index (Phi) is 5.74. The summed E-state index contributed by atoms with van der Waals surface area (Å²) in [6.07, 6.45) is 0. The molecule has 0 unspecified atom stereocenters. The molecule has 1 amide bonds. The number of benzene rings is 2. The predicted octanol–water partition coefficient (Wildman–Crippen LogP) is 6.04. The molecular formula is C23H20N2O2S2. The first-order valence-corrected chi connectivity index (χ1v) is 10.9. The monoisotopic (exact) mass is 420 g/mol. The van der Waals surface area contributed by atoms with Crippen LogP contribution in [-0.2, 0) is 6.54 Å². The standard InChI is InChI=1S/C23H20N2O2S2/c1-16-24-21(22(29-16)17-8-4-3-5-9-17)23(26)25(15-20-12-7-13-28-20)18-10-6-11-19(14-18)27-2/h3-14H,15H2,1-2H3. The minimum atomic E-state index is -0.116. The number of nitrogens with zero attached hydrogens (tertiary/aromatic N) is 2. The first-order valence-electron chi connectivity index (χ1n) is 9.17. The molecule has 2 aromatic carbocycles. The summed E-state index contributed by atoms with van der Waals surface area (Å²) in [5, 5.41) is 2.89. The van der Waals surface area contributed by atoms with Gasteiger partial charge in [0.05, 0.1) is 23.5 Å². The van der Waals surface area contributed by atoms with Gasteiger partial charge in [0.25, 0.3) is 5.91 Å². The van der Waals surface area contributed by atoms with Crippen molar-refractivity contribution >= 4 is 34.3 Å². The Morgan fingerprint density at radius 2 is 1.90 bits per heavy atom. The predicted molar refractivity (Wildman–Crippen MR) is 120 cm³/mol. The second kappa shape index (κ2) is 8.59. The highest BCUT2D eigenvalue weighted by molar-refractivity contribution is 7.15. The number of amides is 1. The van der Waals surface area contributed by atoms with Gasteiger partial charge in [-0.05, 0) is 36.1 Å². The van der Waals surface area contributed by atoms with E-state index in [9.17, 15) is 4.79 Å². The Morgan fingerprint density at radius 3 is 2.62 bits per heavy atom. The van der Waals surface area contributed by atoms with Crippen molar-refractivity contribution in [1.82, 2.24) is 4.98 Å². The van der Waals surface area contributed by atoms with Crippen molar-refractivity contribution in [1.29, 1.82) is 0 Å². The highest BCUT2D eigenvalue weighted by Gasteiger charge is 2.25. The van der Waals surface area contributed by atoms with Crippen molar-refractivity contribution in [2.45, 2.75) is 13.5 Å². The van der Waals surface area contributed by atoms with E-state index in [2.05, 4.69) is 4.98 Å². The van der Waals surface area contributed by atoms with Crippen LogP contribution in [0.5, 0.6) is 5.75 Å². The van der Waals surface area contributed by atoms with Gasteiger partial charge in [0.2, 0.25) is 0 Å². The third kappa shape index (κ3) is 4.23. The van der Waals surface area contributed by atoms with Crippen LogP contribution < -0.4 is 9.64 Å². The van der Waals surface area contributed by atoms with Gasteiger partial charge in [-0.25, -0.2) is 4.98 Å². The van der Waals surface area contributed by atoms with Crippen LogP contribution >= 0.6 is 22.7 Å². The van der Waals surface area contributed by atoms with Crippen LogP contribution in [0, 0.1) is 6.92 Å². The summed E-state index contributed by atoms with van der Waals surface area (Å²) in [7, 11) is 1.63. The van der Waals surface area contributed by atoms with E-state index >= 15 is 0 Å². The number of hydrogen-bond donors (Lipinski definition) is 0. The smallest absolute Gasteiger partial charge is 0.278 e. The van der Waals surface area contributed by atoms with E-state index in [1.807, 2.05) is 79.0 Å². The molecule has 0 saturated heterocycles. The maximum Gasteiger partial charge on any atom is 0.278 e. The summed E-state index contributed by atoms with van der Waals surface area (Å²) < 4.78 is 5.37. The molecule has 4 rings (SSSR count). The van der Waals surface area contributed by atoms with E-state index in [1.165, 1.54) is 0 Å². The Bertz CT molecular complexity index is 1110. The van der Waals surface area contributed by atoms with Gasteiger partial charge in [-0.15, -0.1) is 22.7 Å². The minimum Gasteiger partial charge on any atom is -0.497 e. The quantitative estimate of drug-likeness (QED) is 0.382. The van der Waals surface area contributed by atoms with Crippen molar-refractivity contribution in [3.05, 3.63) is 87.7 Å². The van der Waals surface area contributed by atoms with Crippen molar-refractivity contribution in [3.63, 3.8) is 0 Å². The van der Waals surface area contributed by atoms with Crippen LogP contribution in [-0.4, -0.2) is 18.0 Å². The van der Waals surface area contributed by atoms with E-state index in [-0.39, 0.29) is 5.91 Å². The van der Waals surface area contributed by atoms with Gasteiger partial charge >= 0.3 is 0 Å². The Hall–Kier alpha value is -2.96. The number of aryl methyl sites for hydroxylation is 1. The number of methoxy groups -OCH3 is 1. The molecule has 0 fully saturated rings. The first-order chi connectivity index (χ1) is 14.2. The summed E-state index contributed by atoms with van der Waals surface area (Å²) in [4.78, 5) is 22.1. The number of carbonyl (C=O) groups excluding carboxylic acids is 1. The van der Waals surface area contributed by atoms with E-state index < -0.39 is 0 Å². The SMILES string of the molecule is COc1cccc(N(Cc2cccs2)C(=O)c2nc(C)sc2-c2ccccc2)c1. The molecule has 0 saturated carbocycles. The van der Waals surface area contributed by atoms with Gasteiger partial charge in [0, 0.05) is 16.6 Å². The number of thiophene rings is 1. The summed E-state index contributed by atoms with van der Waals surface area (Å²) in [6.45, 7) is 2.41. The number of anilines is 1. The van der Waals surface area contributed by atoms with Crippen molar-refractivity contribution < 1.29 is 9.53 Å². The molecule has 0 aliphatic carbocycles. The number of aromatic nitrogens is 1. The van der Waals surface area contributed by atoms with Crippen molar-refractivity contribution in [3.8, 4) is 16.2 Å². The molecular weight excluding hydrogens is 400 g/mol. The van der Waals surface area contributed by atoms with E-state index in [0.29, 0.717) is 18.0 Å². The maximum atomic E-state index is 13.7. The van der Waals surface area contributed by atoms with Crippen LogP contribution in [0.4, 0.5) is 5.69 Å². The molecule has 0 spiro atoms. The summed E-state index contributed by atoms with van der Waals surface area (Å²) in [6, 6.07) is 21.6. The minimum absolute atomic E-state index is 0.116. The zero-order valence-electron chi connectivity index (χ0n) is 16.2. The van der Waals surface area contributed by atoms with Gasteiger partial charge in [-0.1, -0.05) is 42.5 Å². The van der Waals surface area contributed by atoms with E-state index in [1.54, 1.807) is 34.7 Å². The average molecular weight is 421 g/mol. The number of ether oxygens (including phenoxy) is 1. The third-order valence-electron chi connectivity index (χ3n) is 4.48. The fourth-order valence-electron chi connectivity index (χ4n) is 3.10. The number of carbonyl (C=O) groups is 1. The molecule has 0 aliphatic rings. The fraction of sp³-hybridized carbons (Fsp3) is 0.130. The summed E-state index contributed by atoms with van der Waals surface area (Å²) >= 11 is 3.17. The molecule has 6 heteroatoms. The van der Waals surface area contributed by atoms with Gasteiger partial charge in [0.15, 0.2) is 0 Å². The zero-order chi connectivity index (χ0) is 20.2. The molecule has 2 heterocycles. The first kappa shape index (κ1) is 19.4. The molecule has 146 valence electrons. The number of hydrogen-bond acceptors (Lipinski definition) is 5. The highest BCUT2D eigenvalue weighted by atomic mass is 32.1. The van der Waals surface area contributed by atoms with Crippen molar-refractivity contribution in [2.24, 2.45) is 0 Å². The molecule has 0 aliphatic heterocycles. The number of thiazole rings is 1. The van der Waals surface area contributed by atoms with Crippen LogP contribution in [0.15, 0.2) is 72.1 Å². The second-order valence-electron chi connectivity index (χ2n) is 6.45. The largest absolute Gasteiger partial charge is 0.497 e. The molecule has 2 aromatic heterocycles.